The summed E-state index contributed by atoms with van der Waals surface area (Å²) in [7, 11) is 2.93. The molecule has 0 bridgehead atoms. The van der Waals surface area contributed by atoms with E-state index in [1.807, 2.05) is 30.3 Å². The highest BCUT2D eigenvalue weighted by Gasteiger charge is 2.16. The van der Waals surface area contributed by atoms with Crippen molar-refractivity contribution in [3.63, 3.8) is 0 Å². The summed E-state index contributed by atoms with van der Waals surface area (Å²) in [5.74, 6) is -0.753. The SMILES string of the molecule is COc1ncc(NNC(=O)c2nc(-c3ccccc3)nn2C)cc1F. The summed E-state index contributed by atoms with van der Waals surface area (Å²) >= 11 is 0. The number of pyridine rings is 1. The number of aromatic nitrogens is 4. The fraction of sp³-hybridized carbons (Fsp3) is 0.125. The molecule has 3 aromatic rings. The largest absolute Gasteiger partial charge is 0.479 e. The molecule has 0 unspecified atom stereocenters. The molecular weight excluding hydrogens is 327 g/mol. The third kappa shape index (κ3) is 3.55. The van der Waals surface area contributed by atoms with Crippen LogP contribution in [0.1, 0.15) is 10.6 Å². The Kier molecular flexibility index (Phi) is 4.55. The molecule has 2 N–H and O–H groups in total. The summed E-state index contributed by atoms with van der Waals surface area (Å²) in [6.07, 6.45) is 1.33. The average Bonchev–Trinajstić information content (AvgIpc) is 3.02. The van der Waals surface area contributed by atoms with E-state index < -0.39 is 11.7 Å². The molecule has 2 heterocycles. The monoisotopic (exact) mass is 342 g/mol. The molecular formula is C16H15FN6O2. The molecule has 3 rings (SSSR count). The Labute approximate surface area is 142 Å². The molecule has 2 aromatic heterocycles. The predicted molar refractivity (Wildman–Crippen MR) is 88.3 cm³/mol. The minimum absolute atomic E-state index is 0.105. The summed E-state index contributed by atoms with van der Waals surface area (Å²) < 4.78 is 19.7. The van der Waals surface area contributed by atoms with E-state index in [4.69, 9.17) is 4.74 Å². The maximum absolute atomic E-state index is 13.6. The number of halogens is 1. The van der Waals surface area contributed by atoms with Gasteiger partial charge in [-0.05, 0) is 0 Å². The fourth-order valence-corrected chi connectivity index (χ4v) is 2.12. The van der Waals surface area contributed by atoms with Crippen LogP contribution in [0.3, 0.4) is 0 Å². The number of amides is 1. The van der Waals surface area contributed by atoms with Gasteiger partial charge in [0.2, 0.25) is 11.7 Å². The molecule has 25 heavy (non-hydrogen) atoms. The molecule has 0 atom stereocenters. The van der Waals surface area contributed by atoms with Gasteiger partial charge in [0.15, 0.2) is 11.6 Å². The molecule has 1 aromatic carbocycles. The number of hydrogen-bond acceptors (Lipinski definition) is 6. The minimum Gasteiger partial charge on any atom is -0.479 e. The number of carbonyl (C=O) groups excluding carboxylic acids is 1. The van der Waals surface area contributed by atoms with E-state index in [-0.39, 0.29) is 17.4 Å². The van der Waals surface area contributed by atoms with Crippen molar-refractivity contribution in [2.75, 3.05) is 12.5 Å². The van der Waals surface area contributed by atoms with Crippen LogP contribution in [-0.4, -0.2) is 32.8 Å². The number of carbonyl (C=O) groups is 1. The molecule has 0 saturated heterocycles. The lowest BCUT2D eigenvalue weighted by atomic mass is 10.2. The fourth-order valence-electron chi connectivity index (χ4n) is 2.12. The molecule has 0 fully saturated rings. The van der Waals surface area contributed by atoms with Crippen LogP contribution in [0.15, 0.2) is 42.6 Å². The molecule has 0 aliphatic heterocycles. The van der Waals surface area contributed by atoms with Gasteiger partial charge in [-0.15, -0.1) is 0 Å². The number of rotatable bonds is 5. The Morgan fingerprint density at radius 1 is 1.28 bits per heavy atom. The Bertz CT molecular complexity index is 897. The molecule has 128 valence electrons. The smallest absolute Gasteiger partial charge is 0.307 e. The standard InChI is InChI=1S/C16H15FN6O2/c1-23-14(19-13(22-23)10-6-4-3-5-7-10)15(24)21-20-11-8-12(17)16(25-2)18-9-11/h3-9,20H,1-2H3,(H,21,24). The number of ether oxygens (including phenoxy) is 1. The van der Waals surface area contributed by atoms with Gasteiger partial charge < -0.3 is 4.74 Å². The highest BCUT2D eigenvalue weighted by molar-refractivity contribution is 5.91. The van der Waals surface area contributed by atoms with Gasteiger partial charge in [0.25, 0.3) is 0 Å². The van der Waals surface area contributed by atoms with Crippen molar-refractivity contribution in [3.8, 4) is 17.3 Å². The van der Waals surface area contributed by atoms with Gasteiger partial charge in [-0.2, -0.15) is 5.10 Å². The maximum Gasteiger partial charge on any atom is 0.307 e. The zero-order chi connectivity index (χ0) is 17.8. The molecule has 0 saturated carbocycles. The van der Waals surface area contributed by atoms with E-state index in [1.54, 1.807) is 7.05 Å². The van der Waals surface area contributed by atoms with Crippen LogP contribution in [0.25, 0.3) is 11.4 Å². The topological polar surface area (TPSA) is 94.0 Å². The lowest BCUT2D eigenvalue weighted by Gasteiger charge is -2.08. The first-order valence-electron chi connectivity index (χ1n) is 7.31. The van der Waals surface area contributed by atoms with E-state index in [0.717, 1.165) is 11.6 Å². The van der Waals surface area contributed by atoms with E-state index >= 15 is 0 Å². The number of anilines is 1. The van der Waals surface area contributed by atoms with Crippen LogP contribution in [0.2, 0.25) is 0 Å². The van der Waals surface area contributed by atoms with Crippen LogP contribution in [-0.2, 0) is 7.05 Å². The normalized spacial score (nSPS) is 10.4. The van der Waals surface area contributed by atoms with Gasteiger partial charge in [-0.25, -0.2) is 19.0 Å². The first-order chi connectivity index (χ1) is 12.1. The molecule has 0 aliphatic rings. The van der Waals surface area contributed by atoms with E-state index in [0.29, 0.717) is 5.82 Å². The van der Waals surface area contributed by atoms with Gasteiger partial charge in [0, 0.05) is 18.7 Å². The van der Waals surface area contributed by atoms with Crippen molar-refractivity contribution in [3.05, 3.63) is 54.2 Å². The van der Waals surface area contributed by atoms with Crippen molar-refractivity contribution >= 4 is 11.6 Å². The van der Waals surface area contributed by atoms with Crippen molar-refractivity contribution in [1.82, 2.24) is 25.2 Å². The van der Waals surface area contributed by atoms with E-state index in [9.17, 15) is 9.18 Å². The van der Waals surface area contributed by atoms with Crippen LogP contribution in [0.5, 0.6) is 5.88 Å². The lowest BCUT2D eigenvalue weighted by molar-refractivity contribution is 0.0948. The van der Waals surface area contributed by atoms with E-state index in [2.05, 4.69) is 25.9 Å². The van der Waals surface area contributed by atoms with Crippen LogP contribution in [0.4, 0.5) is 10.1 Å². The summed E-state index contributed by atoms with van der Waals surface area (Å²) in [5.41, 5.74) is 6.06. The third-order valence-electron chi connectivity index (χ3n) is 3.32. The van der Waals surface area contributed by atoms with Crippen molar-refractivity contribution in [2.24, 2.45) is 7.05 Å². The van der Waals surface area contributed by atoms with E-state index in [1.165, 1.54) is 18.0 Å². The Hall–Kier alpha value is -3.49. The number of hydrazine groups is 1. The molecule has 1 amide bonds. The number of aryl methyl sites for hydroxylation is 1. The van der Waals surface area contributed by atoms with Gasteiger partial charge in [-0.1, -0.05) is 30.3 Å². The average molecular weight is 342 g/mol. The Morgan fingerprint density at radius 3 is 2.72 bits per heavy atom. The summed E-state index contributed by atoms with van der Waals surface area (Å²) in [4.78, 5) is 20.2. The zero-order valence-corrected chi connectivity index (χ0v) is 13.5. The third-order valence-corrected chi connectivity index (χ3v) is 3.32. The first-order valence-corrected chi connectivity index (χ1v) is 7.31. The van der Waals surface area contributed by atoms with Crippen LogP contribution >= 0.6 is 0 Å². The quantitative estimate of drug-likeness (QED) is 0.687. The van der Waals surface area contributed by atoms with Crippen molar-refractivity contribution < 1.29 is 13.9 Å². The molecule has 9 heteroatoms. The maximum atomic E-state index is 13.6. The van der Waals surface area contributed by atoms with Crippen molar-refractivity contribution in [2.45, 2.75) is 0 Å². The number of hydrogen-bond donors (Lipinski definition) is 2. The molecule has 0 radical (unpaired) electrons. The number of benzene rings is 1. The molecule has 8 nitrogen and oxygen atoms in total. The molecule has 0 aliphatic carbocycles. The van der Waals surface area contributed by atoms with Crippen LogP contribution < -0.4 is 15.6 Å². The number of nitrogens with one attached hydrogen (secondary N) is 2. The zero-order valence-electron chi connectivity index (χ0n) is 13.5. The Morgan fingerprint density at radius 2 is 2.04 bits per heavy atom. The minimum atomic E-state index is -0.647. The second-order valence-electron chi connectivity index (χ2n) is 5.04. The van der Waals surface area contributed by atoms with Gasteiger partial charge in [0.05, 0.1) is 19.0 Å². The lowest BCUT2D eigenvalue weighted by Crippen LogP contribution is -2.31. The van der Waals surface area contributed by atoms with Gasteiger partial charge >= 0.3 is 5.91 Å². The van der Waals surface area contributed by atoms with Crippen molar-refractivity contribution in [1.29, 1.82) is 0 Å². The second kappa shape index (κ2) is 6.95. The second-order valence-corrected chi connectivity index (χ2v) is 5.04. The van der Waals surface area contributed by atoms with Crippen LogP contribution in [0, 0.1) is 5.82 Å². The molecule has 0 spiro atoms. The first kappa shape index (κ1) is 16.4. The number of methoxy groups -OCH3 is 1. The highest BCUT2D eigenvalue weighted by Crippen LogP contribution is 2.17. The predicted octanol–water partition coefficient (Wildman–Crippen LogP) is 1.78. The van der Waals surface area contributed by atoms with Gasteiger partial charge in [-0.3, -0.25) is 15.6 Å². The summed E-state index contributed by atoms with van der Waals surface area (Å²) in [5, 5.41) is 4.22. The number of nitrogens with zero attached hydrogens (tertiary/aromatic N) is 4. The summed E-state index contributed by atoms with van der Waals surface area (Å²) in [6, 6.07) is 10.4. The Balaban J connectivity index is 1.71. The van der Waals surface area contributed by atoms with Gasteiger partial charge in [0.1, 0.15) is 0 Å². The highest BCUT2D eigenvalue weighted by atomic mass is 19.1. The summed E-state index contributed by atoms with van der Waals surface area (Å²) in [6.45, 7) is 0.